The van der Waals surface area contributed by atoms with E-state index in [0.717, 1.165) is 12.8 Å². The fraction of sp³-hybridized carbons (Fsp3) is 0.0909. The lowest BCUT2D eigenvalue weighted by atomic mass is 9.66. The second-order valence-electron chi connectivity index (χ2n) is 9.21. The molecule has 0 spiro atoms. The van der Waals surface area contributed by atoms with Crippen LogP contribution in [0.25, 0.3) is 27.8 Å². The predicted octanol–water partition coefficient (Wildman–Crippen LogP) is 8.22. The molecule has 7 rings (SSSR count). The minimum Gasteiger partial charge on any atom is -0.309 e. The third-order valence-corrected chi connectivity index (χ3v) is 7.49. The van der Waals surface area contributed by atoms with Gasteiger partial charge in [0.2, 0.25) is 0 Å². The van der Waals surface area contributed by atoms with E-state index in [0.29, 0.717) is 0 Å². The first-order valence-corrected chi connectivity index (χ1v) is 12.1. The van der Waals surface area contributed by atoms with E-state index < -0.39 is 0 Å². The van der Waals surface area contributed by atoms with Crippen LogP contribution in [0, 0.1) is 0 Å². The van der Waals surface area contributed by atoms with Crippen molar-refractivity contribution in [3.8, 4) is 16.9 Å². The summed E-state index contributed by atoms with van der Waals surface area (Å²) in [6, 6.07) is 39.9. The van der Waals surface area contributed by atoms with Crippen molar-refractivity contribution in [1.82, 2.24) is 4.57 Å². The van der Waals surface area contributed by atoms with Crippen molar-refractivity contribution in [2.45, 2.75) is 18.3 Å². The number of aromatic nitrogens is 1. The minimum atomic E-state index is -0.344. The van der Waals surface area contributed by atoms with E-state index in [-0.39, 0.29) is 5.41 Å². The molecular formula is C33H25N. The van der Waals surface area contributed by atoms with Gasteiger partial charge < -0.3 is 4.57 Å². The molecule has 0 amide bonds. The van der Waals surface area contributed by atoms with Gasteiger partial charge in [0.15, 0.2) is 0 Å². The summed E-state index contributed by atoms with van der Waals surface area (Å²) < 4.78 is 2.47. The van der Waals surface area contributed by atoms with E-state index in [9.17, 15) is 0 Å². The Morgan fingerprint density at radius 2 is 1.35 bits per heavy atom. The van der Waals surface area contributed by atoms with E-state index >= 15 is 0 Å². The number of allylic oxidation sites excluding steroid dienone is 4. The first kappa shape index (κ1) is 19.4. The Morgan fingerprint density at radius 1 is 0.647 bits per heavy atom. The highest BCUT2D eigenvalue weighted by Gasteiger charge is 2.49. The van der Waals surface area contributed by atoms with Crippen molar-refractivity contribution in [2.24, 2.45) is 0 Å². The van der Waals surface area contributed by atoms with Crippen LogP contribution >= 0.6 is 0 Å². The number of hydrogen-bond donors (Lipinski definition) is 0. The zero-order valence-corrected chi connectivity index (χ0v) is 19.0. The summed E-state index contributed by atoms with van der Waals surface area (Å²) in [5.74, 6) is 0. The van der Waals surface area contributed by atoms with Crippen molar-refractivity contribution in [3.63, 3.8) is 0 Å². The molecule has 1 nitrogen and oxygen atoms in total. The smallest absolute Gasteiger partial charge is 0.0732 e. The fourth-order valence-electron chi connectivity index (χ4n) is 6.22. The highest BCUT2D eigenvalue weighted by Crippen LogP contribution is 2.60. The van der Waals surface area contributed by atoms with Gasteiger partial charge in [-0.05, 0) is 47.7 Å². The molecule has 0 N–H and O–H groups in total. The molecule has 1 heterocycles. The number of nitrogens with zero attached hydrogens (tertiary/aromatic N) is 1. The first-order chi connectivity index (χ1) is 16.9. The van der Waals surface area contributed by atoms with Gasteiger partial charge >= 0.3 is 0 Å². The van der Waals surface area contributed by atoms with Crippen LogP contribution in [0.15, 0.2) is 133 Å². The molecule has 0 fully saturated rings. The van der Waals surface area contributed by atoms with E-state index in [2.05, 4.69) is 132 Å². The summed E-state index contributed by atoms with van der Waals surface area (Å²) in [6.45, 7) is 0. The molecule has 1 atom stereocenters. The summed E-state index contributed by atoms with van der Waals surface area (Å²) in [5, 5.41) is 1.32. The molecule has 0 saturated carbocycles. The molecule has 0 aliphatic heterocycles. The number of hydrogen-bond acceptors (Lipinski definition) is 0. The molecule has 0 saturated heterocycles. The Labute approximate surface area is 200 Å². The maximum absolute atomic E-state index is 2.47. The quantitative estimate of drug-likeness (QED) is 0.269. The molecule has 1 heteroatoms. The van der Waals surface area contributed by atoms with Gasteiger partial charge in [-0.25, -0.2) is 0 Å². The summed E-state index contributed by atoms with van der Waals surface area (Å²) in [7, 11) is 0. The second-order valence-corrected chi connectivity index (χ2v) is 9.21. The minimum absolute atomic E-state index is 0.344. The highest BCUT2D eigenvalue weighted by atomic mass is 15.0. The summed E-state index contributed by atoms with van der Waals surface area (Å²) in [4.78, 5) is 0. The SMILES string of the molecule is C1=CC(C2(c3ccccc3)c3ccccc3-c3c2c2ccccc2n3-c2ccccc2)=CCC1. The van der Waals surface area contributed by atoms with Crippen LogP contribution in [-0.2, 0) is 5.41 Å². The van der Waals surface area contributed by atoms with Crippen LogP contribution in [0.3, 0.4) is 0 Å². The van der Waals surface area contributed by atoms with Crippen molar-refractivity contribution < 1.29 is 0 Å². The van der Waals surface area contributed by atoms with Gasteiger partial charge in [-0.15, -0.1) is 0 Å². The molecule has 5 aromatic rings. The van der Waals surface area contributed by atoms with Gasteiger partial charge in [0.05, 0.1) is 16.6 Å². The lowest BCUT2D eigenvalue weighted by Gasteiger charge is -2.35. The normalized spacial score (nSPS) is 18.5. The molecule has 2 aliphatic rings. The van der Waals surface area contributed by atoms with Gasteiger partial charge in [-0.3, -0.25) is 0 Å². The summed E-state index contributed by atoms with van der Waals surface area (Å²) in [5.41, 5.74) is 10.2. The Morgan fingerprint density at radius 3 is 2.15 bits per heavy atom. The summed E-state index contributed by atoms with van der Waals surface area (Å²) >= 11 is 0. The van der Waals surface area contributed by atoms with Crippen molar-refractivity contribution in [1.29, 1.82) is 0 Å². The lowest BCUT2D eigenvalue weighted by molar-refractivity contribution is 0.758. The largest absolute Gasteiger partial charge is 0.309 e. The second kappa shape index (κ2) is 7.46. The fourth-order valence-corrected chi connectivity index (χ4v) is 6.22. The third-order valence-electron chi connectivity index (χ3n) is 7.49. The molecule has 34 heavy (non-hydrogen) atoms. The molecule has 162 valence electrons. The van der Waals surface area contributed by atoms with Crippen LogP contribution in [-0.4, -0.2) is 4.57 Å². The Kier molecular flexibility index (Phi) is 4.25. The molecule has 1 unspecified atom stereocenters. The van der Waals surface area contributed by atoms with E-state index in [1.54, 1.807) is 0 Å². The molecule has 2 aliphatic carbocycles. The van der Waals surface area contributed by atoms with Gasteiger partial charge in [0.1, 0.15) is 0 Å². The average Bonchev–Trinajstić information content (AvgIpc) is 3.42. The van der Waals surface area contributed by atoms with Crippen molar-refractivity contribution in [2.75, 3.05) is 0 Å². The maximum atomic E-state index is 2.47. The molecular weight excluding hydrogens is 410 g/mol. The Bertz CT molecular complexity index is 1580. The third kappa shape index (κ3) is 2.50. The first-order valence-electron chi connectivity index (χ1n) is 12.1. The van der Waals surface area contributed by atoms with Crippen LogP contribution in [0.1, 0.15) is 29.5 Å². The van der Waals surface area contributed by atoms with E-state index in [1.165, 1.54) is 50.1 Å². The van der Waals surface area contributed by atoms with Crippen molar-refractivity contribution in [3.05, 3.63) is 150 Å². The van der Waals surface area contributed by atoms with Crippen LogP contribution in [0.2, 0.25) is 0 Å². The number of fused-ring (bicyclic) bond motifs is 5. The molecule has 1 aromatic heterocycles. The predicted molar refractivity (Wildman–Crippen MR) is 141 cm³/mol. The highest BCUT2D eigenvalue weighted by molar-refractivity contribution is 6.02. The Hall–Kier alpha value is -4.10. The molecule has 0 bridgehead atoms. The van der Waals surface area contributed by atoms with Crippen molar-refractivity contribution >= 4 is 10.9 Å². The Balaban J connectivity index is 1.72. The average molecular weight is 436 g/mol. The van der Waals surface area contributed by atoms with Gasteiger partial charge in [0.25, 0.3) is 0 Å². The van der Waals surface area contributed by atoms with Gasteiger partial charge in [-0.2, -0.15) is 0 Å². The molecule has 4 aromatic carbocycles. The topological polar surface area (TPSA) is 4.93 Å². The van der Waals surface area contributed by atoms with Crippen LogP contribution in [0.5, 0.6) is 0 Å². The van der Waals surface area contributed by atoms with Gasteiger partial charge in [0, 0.05) is 22.2 Å². The molecule has 0 radical (unpaired) electrons. The van der Waals surface area contributed by atoms with Crippen LogP contribution < -0.4 is 0 Å². The summed E-state index contributed by atoms with van der Waals surface area (Å²) in [6.07, 6.45) is 9.37. The monoisotopic (exact) mass is 435 g/mol. The maximum Gasteiger partial charge on any atom is 0.0732 e. The lowest BCUT2D eigenvalue weighted by Crippen LogP contribution is -2.29. The van der Waals surface area contributed by atoms with Gasteiger partial charge in [-0.1, -0.05) is 109 Å². The number of benzene rings is 4. The zero-order chi connectivity index (χ0) is 22.5. The zero-order valence-electron chi connectivity index (χ0n) is 19.0. The number of para-hydroxylation sites is 2. The van der Waals surface area contributed by atoms with Crippen LogP contribution in [0.4, 0.5) is 0 Å². The standard InChI is InChI=1S/C33H25N/c1-4-14-24(15-5-1)33(25-16-6-2-7-17-25)29-22-12-10-20-27(29)32-31(33)28-21-11-13-23-30(28)34(32)26-18-8-3-9-19-26/h1,3-6,8-23H,2,7H2. The van der Waals surface area contributed by atoms with E-state index in [4.69, 9.17) is 0 Å². The number of rotatable bonds is 3. The van der Waals surface area contributed by atoms with E-state index in [1.807, 2.05) is 0 Å².